The summed E-state index contributed by atoms with van der Waals surface area (Å²) in [5.41, 5.74) is -0.849. The van der Waals surface area contributed by atoms with E-state index in [0.29, 0.717) is 0 Å². The van der Waals surface area contributed by atoms with Gasteiger partial charge in [0.2, 0.25) is 0 Å². The van der Waals surface area contributed by atoms with Crippen LogP contribution in [0.4, 0.5) is 13.2 Å². The maximum Gasteiger partial charge on any atom is 0.416 e. The topological polar surface area (TPSA) is 42.2 Å². The molecule has 2 unspecified atom stereocenters. The van der Waals surface area contributed by atoms with Gasteiger partial charge < -0.3 is 9.47 Å². The second-order valence-electron chi connectivity index (χ2n) is 4.40. The van der Waals surface area contributed by atoms with Crippen LogP contribution in [-0.4, -0.2) is 12.7 Å². The van der Waals surface area contributed by atoms with E-state index in [1.165, 1.54) is 25.1 Å². The second kappa shape index (κ2) is 4.83. The SMILES string of the molecule is CC1(c2ccccc2C(F)(F)F)OCC(CC#N)O1. The van der Waals surface area contributed by atoms with Gasteiger partial charge in [0.15, 0.2) is 5.79 Å². The molecule has 2 atom stereocenters. The van der Waals surface area contributed by atoms with Crippen LogP contribution in [0.3, 0.4) is 0 Å². The molecule has 0 aromatic heterocycles. The van der Waals surface area contributed by atoms with Crippen molar-refractivity contribution in [3.63, 3.8) is 0 Å². The van der Waals surface area contributed by atoms with E-state index in [9.17, 15) is 13.2 Å². The molecule has 1 saturated heterocycles. The first-order valence-electron chi connectivity index (χ1n) is 5.72. The van der Waals surface area contributed by atoms with Gasteiger partial charge in [-0.3, -0.25) is 0 Å². The Balaban J connectivity index is 2.35. The first-order valence-corrected chi connectivity index (χ1v) is 5.72. The zero-order valence-corrected chi connectivity index (χ0v) is 10.2. The number of rotatable bonds is 2. The van der Waals surface area contributed by atoms with Crippen LogP contribution in [0.25, 0.3) is 0 Å². The summed E-state index contributed by atoms with van der Waals surface area (Å²) in [6, 6.07) is 7.06. The summed E-state index contributed by atoms with van der Waals surface area (Å²) >= 11 is 0. The molecule has 6 heteroatoms. The molecule has 19 heavy (non-hydrogen) atoms. The largest absolute Gasteiger partial charge is 0.416 e. The summed E-state index contributed by atoms with van der Waals surface area (Å²) in [7, 11) is 0. The average Bonchev–Trinajstić information content (AvgIpc) is 2.72. The van der Waals surface area contributed by atoms with Crippen LogP contribution in [0.15, 0.2) is 24.3 Å². The maximum atomic E-state index is 13.0. The Morgan fingerprint density at radius 1 is 1.42 bits per heavy atom. The van der Waals surface area contributed by atoms with Gasteiger partial charge >= 0.3 is 6.18 Å². The van der Waals surface area contributed by atoms with Crippen molar-refractivity contribution in [1.82, 2.24) is 0 Å². The zero-order valence-electron chi connectivity index (χ0n) is 10.2. The molecule has 102 valence electrons. The fourth-order valence-corrected chi connectivity index (χ4v) is 2.11. The number of hydrogen-bond acceptors (Lipinski definition) is 3. The quantitative estimate of drug-likeness (QED) is 0.829. The predicted molar refractivity (Wildman–Crippen MR) is 59.9 cm³/mol. The van der Waals surface area contributed by atoms with Gasteiger partial charge in [-0.2, -0.15) is 18.4 Å². The van der Waals surface area contributed by atoms with Crippen LogP contribution < -0.4 is 0 Å². The Hall–Kier alpha value is -1.58. The molecule has 0 spiro atoms. The van der Waals surface area contributed by atoms with Gasteiger partial charge in [0.1, 0.15) is 0 Å². The van der Waals surface area contributed by atoms with Crippen molar-refractivity contribution in [3.8, 4) is 6.07 Å². The highest BCUT2D eigenvalue weighted by Crippen LogP contribution is 2.41. The summed E-state index contributed by atoms with van der Waals surface area (Å²) in [6.07, 6.45) is -4.89. The highest BCUT2D eigenvalue weighted by atomic mass is 19.4. The number of nitriles is 1. The summed E-state index contributed by atoms with van der Waals surface area (Å²) in [5.74, 6) is -1.46. The first-order chi connectivity index (χ1) is 8.87. The fourth-order valence-electron chi connectivity index (χ4n) is 2.11. The van der Waals surface area contributed by atoms with Crippen molar-refractivity contribution in [1.29, 1.82) is 5.26 Å². The van der Waals surface area contributed by atoms with E-state index in [2.05, 4.69) is 0 Å². The van der Waals surface area contributed by atoms with Crippen molar-refractivity contribution < 1.29 is 22.6 Å². The molecule has 1 heterocycles. The molecule has 1 aromatic rings. The van der Waals surface area contributed by atoms with E-state index in [-0.39, 0.29) is 18.6 Å². The summed E-state index contributed by atoms with van der Waals surface area (Å²) in [4.78, 5) is 0. The minimum atomic E-state index is -4.47. The van der Waals surface area contributed by atoms with Crippen LogP contribution >= 0.6 is 0 Å². The van der Waals surface area contributed by atoms with E-state index >= 15 is 0 Å². The van der Waals surface area contributed by atoms with Crippen LogP contribution in [0, 0.1) is 11.3 Å². The smallest absolute Gasteiger partial charge is 0.343 e. The molecule has 1 fully saturated rings. The van der Waals surface area contributed by atoms with E-state index in [1.54, 1.807) is 0 Å². The third-order valence-corrected chi connectivity index (χ3v) is 2.98. The Kier molecular flexibility index (Phi) is 3.52. The van der Waals surface area contributed by atoms with Crippen LogP contribution in [0.1, 0.15) is 24.5 Å². The Morgan fingerprint density at radius 3 is 2.74 bits per heavy atom. The average molecular weight is 271 g/mol. The van der Waals surface area contributed by atoms with Crippen LogP contribution in [0.5, 0.6) is 0 Å². The molecule has 0 radical (unpaired) electrons. The van der Waals surface area contributed by atoms with Gasteiger partial charge in [0, 0.05) is 5.56 Å². The third kappa shape index (κ3) is 2.72. The fraction of sp³-hybridized carbons (Fsp3) is 0.462. The number of halogens is 3. The maximum absolute atomic E-state index is 13.0. The van der Waals surface area contributed by atoms with Gasteiger partial charge in [-0.05, 0) is 13.0 Å². The van der Waals surface area contributed by atoms with E-state index in [4.69, 9.17) is 14.7 Å². The number of benzene rings is 1. The highest BCUT2D eigenvalue weighted by Gasteiger charge is 2.45. The van der Waals surface area contributed by atoms with Gasteiger partial charge in [-0.15, -0.1) is 0 Å². The Morgan fingerprint density at radius 2 is 2.11 bits per heavy atom. The van der Waals surface area contributed by atoms with E-state index in [0.717, 1.165) is 6.07 Å². The van der Waals surface area contributed by atoms with E-state index < -0.39 is 23.6 Å². The van der Waals surface area contributed by atoms with E-state index in [1.807, 2.05) is 6.07 Å². The van der Waals surface area contributed by atoms with Gasteiger partial charge in [-0.1, -0.05) is 18.2 Å². The molecule has 0 bridgehead atoms. The van der Waals surface area contributed by atoms with Crippen LogP contribution in [-0.2, 0) is 21.4 Å². The Bertz CT molecular complexity index is 509. The molecule has 3 nitrogen and oxygen atoms in total. The molecular formula is C13H12F3NO2. The third-order valence-electron chi connectivity index (χ3n) is 2.98. The molecule has 0 aliphatic carbocycles. The predicted octanol–water partition coefficient (Wildman–Crippen LogP) is 3.21. The number of ether oxygens (including phenoxy) is 2. The number of hydrogen-bond donors (Lipinski definition) is 0. The lowest BCUT2D eigenvalue weighted by Crippen LogP contribution is -2.27. The second-order valence-corrected chi connectivity index (χ2v) is 4.40. The Labute approximate surface area is 108 Å². The van der Waals surface area contributed by atoms with Crippen molar-refractivity contribution in [3.05, 3.63) is 35.4 Å². The molecule has 0 amide bonds. The van der Waals surface area contributed by atoms with Gasteiger partial charge in [0.25, 0.3) is 0 Å². The molecule has 1 aromatic carbocycles. The van der Waals surface area contributed by atoms with Crippen LogP contribution in [0.2, 0.25) is 0 Å². The van der Waals surface area contributed by atoms with Crippen molar-refractivity contribution in [2.24, 2.45) is 0 Å². The highest BCUT2D eigenvalue weighted by molar-refractivity contribution is 5.33. The molecule has 0 N–H and O–H groups in total. The molecule has 2 rings (SSSR count). The van der Waals surface area contributed by atoms with Crippen molar-refractivity contribution in [2.75, 3.05) is 6.61 Å². The van der Waals surface area contributed by atoms with Gasteiger partial charge in [-0.25, -0.2) is 0 Å². The number of alkyl halides is 3. The number of nitrogens with zero attached hydrogens (tertiary/aromatic N) is 1. The zero-order chi connectivity index (χ0) is 14.1. The van der Waals surface area contributed by atoms with Crippen molar-refractivity contribution >= 4 is 0 Å². The normalized spacial score (nSPS) is 27.2. The lowest BCUT2D eigenvalue weighted by atomic mass is 10.00. The monoisotopic (exact) mass is 271 g/mol. The van der Waals surface area contributed by atoms with Gasteiger partial charge in [0.05, 0.1) is 30.8 Å². The standard InChI is InChI=1S/C13H12F3NO2/c1-12(18-8-9(19-12)6-7-17)10-4-2-3-5-11(10)13(14,15)16/h2-5,9H,6,8H2,1H3. The summed E-state index contributed by atoms with van der Waals surface area (Å²) < 4.78 is 49.7. The minimum absolute atomic E-state index is 0.0667. The lowest BCUT2D eigenvalue weighted by Gasteiger charge is -2.26. The summed E-state index contributed by atoms with van der Waals surface area (Å²) in [6.45, 7) is 1.55. The summed E-state index contributed by atoms with van der Waals surface area (Å²) in [5, 5.41) is 8.59. The molecule has 1 aliphatic heterocycles. The molecule has 1 aliphatic rings. The molecule has 0 saturated carbocycles. The lowest BCUT2D eigenvalue weighted by molar-refractivity contribution is -0.174. The minimum Gasteiger partial charge on any atom is -0.343 e. The first kappa shape index (κ1) is 13.8. The van der Waals surface area contributed by atoms with Crippen molar-refractivity contribution in [2.45, 2.75) is 31.4 Å². The molecular weight excluding hydrogens is 259 g/mol.